The first kappa shape index (κ1) is 13.9. The average molecular weight is 275 g/mol. The van der Waals surface area contributed by atoms with Crippen molar-refractivity contribution in [3.8, 4) is 5.75 Å². The molecule has 6 heteroatoms. The first-order chi connectivity index (χ1) is 9.52. The molecule has 1 heterocycles. The van der Waals surface area contributed by atoms with Gasteiger partial charge in [-0.05, 0) is 25.1 Å². The standard InChI is InChI=1S/C14H17N3O3/c1-9(13-15-6-7-17(13)2)16-11-8-10(14(18)19)4-5-12(11)20-3/h4-9,16H,1-3H3,(H,18,19). The molecule has 0 aliphatic rings. The number of anilines is 1. The second-order valence-corrected chi connectivity index (χ2v) is 4.48. The molecule has 0 saturated carbocycles. The third-order valence-corrected chi connectivity index (χ3v) is 3.06. The molecule has 1 unspecified atom stereocenters. The van der Waals surface area contributed by atoms with E-state index in [0.717, 1.165) is 5.82 Å². The van der Waals surface area contributed by atoms with Crippen molar-refractivity contribution in [3.05, 3.63) is 42.0 Å². The number of nitrogens with one attached hydrogen (secondary N) is 1. The molecule has 0 radical (unpaired) electrons. The second-order valence-electron chi connectivity index (χ2n) is 4.48. The highest BCUT2D eigenvalue weighted by Crippen LogP contribution is 2.28. The third kappa shape index (κ3) is 2.74. The van der Waals surface area contributed by atoms with Crippen molar-refractivity contribution < 1.29 is 14.6 Å². The van der Waals surface area contributed by atoms with E-state index in [2.05, 4.69) is 10.3 Å². The van der Waals surface area contributed by atoms with Crippen LogP contribution >= 0.6 is 0 Å². The number of imidazole rings is 1. The van der Waals surface area contributed by atoms with Crippen molar-refractivity contribution in [3.63, 3.8) is 0 Å². The number of ether oxygens (including phenoxy) is 1. The van der Waals surface area contributed by atoms with Crippen molar-refractivity contribution >= 4 is 11.7 Å². The zero-order valence-corrected chi connectivity index (χ0v) is 11.6. The van der Waals surface area contributed by atoms with E-state index < -0.39 is 5.97 Å². The van der Waals surface area contributed by atoms with Crippen molar-refractivity contribution in [1.29, 1.82) is 0 Å². The SMILES string of the molecule is COc1ccc(C(=O)O)cc1NC(C)c1nccn1C. The number of aryl methyl sites for hydroxylation is 1. The minimum Gasteiger partial charge on any atom is -0.495 e. The van der Waals surface area contributed by atoms with Gasteiger partial charge in [0.05, 0.1) is 24.4 Å². The first-order valence-electron chi connectivity index (χ1n) is 6.18. The quantitative estimate of drug-likeness (QED) is 0.875. The number of nitrogens with zero attached hydrogens (tertiary/aromatic N) is 2. The molecule has 1 aromatic carbocycles. The Kier molecular flexibility index (Phi) is 3.93. The zero-order chi connectivity index (χ0) is 14.7. The van der Waals surface area contributed by atoms with E-state index >= 15 is 0 Å². The summed E-state index contributed by atoms with van der Waals surface area (Å²) < 4.78 is 7.15. The summed E-state index contributed by atoms with van der Waals surface area (Å²) in [5.41, 5.74) is 0.836. The van der Waals surface area contributed by atoms with Crippen LogP contribution in [0.25, 0.3) is 0 Å². The molecule has 2 rings (SSSR count). The number of benzene rings is 1. The molecule has 106 valence electrons. The van der Waals surface area contributed by atoms with Gasteiger partial charge in [0.2, 0.25) is 0 Å². The maximum atomic E-state index is 11.0. The summed E-state index contributed by atoms with van der Waals surface area (Å²) in [7, 11) is 3.46. The number of aromatic carboxylic acids is 1. The molecular weight excluding hydrogens is 258 g/mol. The number of rotatable bonds is 5. The summed E-state index contributed by atoms with van der Waals surface area (Å²) in [6.07, 6.45) is 3.58. The predicted octanol–water partition coefficient (Wildman–Crippen LogP) is 2.30. The van der Waals surface area contributed by atoms with Gasteiger partial charge in [0, 0.05) is 19.4 Å². The van der Waals surface area contributed by atoms with Crippen LogP contribution in [0, 0.1) is 0 Å². The fourth-order valence-electron chi connectivity index (χ4n) is 2.05. The van der Waals surface area contributed by atoms with Gasteiger partial charge in [-0.1, -0.05) is 0 Å². The van der Waals surface area contributed by atoms with E-state index in [-0.39, 0.29) is 11.6 Å². The Hall–Kier alpha value is -2.50. The average Bonchev–Trinajstić information content (AvgIpc) is 2.84. The fourth-order valence-corrected chi connectivity index (χ4v) is 2.05. The van der Waals surface area contributed by atoms with E-state index in [0.29, 0.717) is 11.4 Å². The molecular formula is C14H17N3O3. The molecule has 1 aromatic heterocycles. The van der Waals surface area contributed by atoms with Crippen LogP contribution in [0.1, 0.15) is 29.1 Å². The minimum absolute atomic E-state index is 0.0760. The Labute approximate surface area is 117 Å². The summed E-state index contributed by atoms with van der Waals surface area (Å²) in [6, 6.07) is 4.63. The number of carbonyl (C=O) groups is 1. The van der Waals surface area contributed by atoms with Crippen LogP contribution in [0.15, 0.2) is 30.6 Å². The second kappa shape index (κ2) is 5.64. The van der Waals surface area contributed by atoms with Crippen LogP contribution < -0.4 is 10.1 Å². The molecule has 20 heavy (non-hydrogen) atoms. The zero-order valence-electron chi connectivity index (χ0n) is 11.6. The van der Waals surface area contributed by atoms with Crippen LogP contribution in [-0.4, -0.2) is 27.7 Å². The Balaban J connectivity index is 2.29. The van der Waals surface area contributed by atoms with E-state index in [1.165, 1.54) is 6.07 Å². The monoisotopic (exact) mass is 275 g/mol. The number of aromatic nitrogens is 2. The van der Waals surface area contributed by atoms with Gasteiger partial charge in [0.15, 0.2) is 0 Å². The molecule has 0 fully saturated rings. The Bertz CT molecular complexity index is 622. The summed E-state index contributed by atoms with van der Waals surface area (Å²) >= 11 is 0. The lowest BCUT2D eigenvalue weighted by Gasteiger charge is -2.17. The summed E-state index contributed by atoms with van der Waals surface area (Å²) in [5.74, 6) is 0.476. The maximum absolute atomic E-state index is 11.0. The lowest BCUT2D eigenvalue weighted by molar-refractivity contribution is 0.0697. The van der Waals surface area contributed by atoms with Gasteiger partial charge in [-0.3, -0.25) is 0 Å². The van der Waals surface area contributed by atoms with Crippen LogP contribution in [0.5, 0.6) is 5.75 Å². The molecule has 1 atom stereocenters. The third-order valence-electron chi connectivity index (χ3n) is 3.06. The smallest absolute Gasteiger partial charge is 0.335 e. The lowest BCUT2D eigenvalue weighted by atomic mass is 10.1. The molecule has 0 saturated heterocycles. The highest BCUT2D eigenvalue weighted by atomic mass is 16.5. The molecule has 0 spiro atoms. The Morgan fingerprint density at radius 3 is 2.80 bits per heavy atom. The highest BCUT2D eigenvalue weighted by molar-refractivity contribution is 5.89. The maximum Gasteiger partial charge on any atom is 0.335 e. The molecule has 6 nitrogen and oxygen atoms in total. The highest BCUT2D eigenvalue weighted by Gasteiger charge is 2.14. The minimum atomic E-state index is -0.972. The van der Waals surface area contributed by atoms with Crippen LogP contribution in [0.4, 0.5) is 5.69 Å². The number of hydrogen-bond acceptors (Lipinski definition) is 4. The molecule has 2 N–H and O–H groups in total. The molecule has 0 aliphatic carbocycles. The number of carboxylic acid groups (broad SMARTS) is 1. The van der Waals surface area contributed by atoms with E-state index in [1.54, 1.807) is 25.4 Å². The predicted molar refractivity (Wildman–Crippen MR) is 75.2 cm³/mol. The Morgan fingerprint density at radius 1 is 1.50 bits per heavy atom. The van der Waals surface area contributed by atoms with Crippen LogP contribution in [-0.2, 0) is 7.05 Å². The van der Waals surface area contributed by atoms with Gasteiger partial charge in [0.25, 0.3) is 0 Å². The van der Waals surface area contributed by atoms with Crippen molar-refractivity contribution in [2.45, 2.75) is 13.0 Å². The van der Waals surface area contributed by atoms with Crippen molar-refractivity contribution in [2.75, 3.05) is 12.4 Å². The summed E-state index contributed by atoms with van der Waals surface area (Å²) in [6.45, 7) is 1.95. The molecule has 2 aromatic rings. The van der Waals surface area contributed by atoms with Gasteiger partial charge in [-0.2, -0.15) is 0 Å². The van der Waals surface area contributed by atoms with Gasteiger partial charge in [0.1, 0.15) is 11.6 Å². The topological polar surface area (TPSA) is 76.4 Å². The number of carboxylic acids is 1. The van der Waals surface area contributed by atoms with E-state index in [4.69, 9.17) is 9.84 Å². The van der Waals surface area contributed by atoms with E-state index in [1.807, 2.05) is 24.7 Å². The van der Waals surface area contributed by atoms with Gasteiger partial charge in [-0.15, -0.1) is 0 Å². The number of hydrogen-bond donors (Lipinski definition) is 2. The van der Waals surface area contributed by atoms with Crippen molar-refractivity contribution in [1.82, 2.24) is 9.55 Å². The lowest BCUT2D eigenvalue weighted by Crippen LogP contribution is -2.13. The molecule has 0 bridgehead atoms. The van der Waals surface area contributed by atoms with Crippen molar-refractivity contribution in [2.24, 2.45) is 7.05 Å². The van der Waals surface area contributed by atoms with Crippen LogP contribution in [0.2, 0.25) is 0 Å². The first-order valence-corrected chi connectivity index (χ1v) is 6.18. The van der Waals surface area contributed by atoms with Gasteiger partial charge in [-0.25, -0.2) is 9.78 Å². The van der Waals surface area contributed by atoms with Crippen LogP contribution in [0.3, 0.4) is 0 Å². The van der Waals surface area contributed by atoms with Gasteiger partial charge >= 0.3 is 5.97 Å². The molecule has 0 amide bonds. The summed E-state index contributed by atoms with van der Waals surface area (Å²) in [5, 5.41) is 12.3. The summed E-state index contributed by atoms with van der Waals surface area (Å²) in [4.78, 5) is 15.3. The normalized spacial score (nSPS) is 11.9. The largest absolute Gasteiger partial charge is 0.495 e. The van der Waals surface area contributed by atoms with E-state index in [9.17, 15) is 4.79 Å². The fraction of sp³-hybridized carbons (Fsp3) is 0.286. The van der Waals surface area contributed by atoms with Gasteiger partial charge < -0.3 is 19.7 Å². The Morgan fingerprint density at radius 2 is 2.25 bits per heavy atom. The number of methoxy groups -OCH3 is 1. The molecule has 0 aliphatic heterocycles.